The van der Waals surface area contributed by atoms with E-state index in [1.54, 1.807) is 12.1 Å². The Morgan fingerprint density at radius 3 is 2.26 bits per heavy atom. The van der Waals surface area contributed by atoms with E-state index in [2.05, 4.69) is 4.98 Å². The Hall–Kier alpha value is -1.07. The number of halogens is 1. The topological polar surface area (TPSA) is 60.2 Å². The molecular formula is C13H18ClNO3S. The molecule has 0 aliphatic heterocycles. The second kappa shape index (κ2) is 5.51. The van der Waals surface area contributed by atoms with Gasteiger partial charge in [0.25, 0.3) is 9.05 Å². The van der Waals surface area contributed by atoms with E-state index in [1.807, 2.05) is 34.6 Å². The molecule has 0 saturated carbocycles. The zero-order valence-corrected chi connectivity index (χ0v) is 13.3. The molecule has 19 heavy (non-hydrogen) atoms. The lowest BCUT2D eigenvalue weighted by atomic mass is 9.97. The van der Waals surface area contributed by atoms with E-state index in [0.29, 0.717) is 11.4 Å². The molecule has 1 heterocycles. The summed E-state index contributed by atoms with van der Waals surface area (Å²) in [6.45, 7) is 9.81. The van der Waals surface area contributed by atoms with Crippen LogP contribution in [0.4, 0.5) is 0 Å². The van der Waals surface area contributed by atoms with Gasteiger partial charge in [-0.25, -0.2) is 13.4 Å². The molecule has 0 spiro atoms. The fourth-order valence-corrected chi connectivity index (χ4v) is 2.41. The van der Waals surface area contributed by atoms with Crippen molar-refractivity contribution in [1.82, 2.24) is 4.98 Å². The van der Waals surface area contributed by atoms with Crippen molar-refractivity contribution in [3.05, 3.63) is 24.1 Å². The van der Waals surface area contributed by atoms with Crippen molar-refractivity contribution in [1.29, 1.82) is 0 Å². The Balaban J connectivity index is 0.000000861. The van der Waals surface area contributed by atoms with E-state index in [4.69, 9.17) is 15.1 Å². The Morgan fingerprint density at radius 1 is 1.21 bits per heavy atom. The van der Waals surface area contributed by atoms with Crippen molar-refractivity contribution < 1.29 is 12.8 Å². The Morgan fingerprint density at radius 2 is 1.79 bits per heavy atom. The zero-order chi connectivity index (χ0) is 14.8. The molecule has 0 aliphatic carbocycles. The van der Waals surface area contributed by atoms with Gasteiger partial charge in [-0.3, -0.25) is 0 Å². The van der Waals surface area contributed by atoms with Gasteiger partial charge >= 0.3 is 0 Å². The largest absolute Gasteiger partial charge is 0.439 e. The molecule has 0 fully saturated rings. The molecule has 4 nitrogen and oxygen atoms in total. The van der Waals surface area contributed by atoms with Crippen LogP contribution in [0.25, 0.3) is 11.1 Å². The maximum atomic E-state index is 11.4. The van der Waals surface area contributed by atoms with E-state index in [1.165, 1.54) is 6.07 Å². The number of hydrogen-bond acceptors (Lipinski definition) is 4. The molecular weight excluding hydrogens is 286 g/mol. The first-order valence-corrected chi connectivity index (χ1v) is 8.35. The summed E-state index contributed by atoms with van der Waals surface area (Å²) < 4.78 is 28.3. The molecule has 0 N–H and O–H groups in total. The highest BCUT2D eigenvalue weighted by atomic mass is 35.7. The third kappa shape index (κ3) is 3.48. The van der Waals surface area contributed by atoms with Crippen molar-refractivity contribution in [3.63, 3.8) is 0 Å². The molecule has 0 bridgehead atoms. The molecule has 106 valence electrons. The highest BCUT2D eigenvalue weighted by Gasteiger charge is 2.24. The van der Waals surface area contributed by atoms with Gasteiger partial charge in [0, 0.05) is 16.1 Å². The smallest absolute Gasteiger partial charge is 0.265 e. The lowest BCUT2D eigenvalue weighted by Crippen LogP contribution is -2.10. The maximum absolute atomic E-state index is 11.4. The Kier molecular flexibility index (Phi) is 4.63. The lowest BCUT2D eigenvalue weighted by molar-refractivity contribution is 0.408. The average Bonchev–Trinajstić information content (AvgIpc) is 2.73. The van der Waals surface area contributed by atoms with E-state index in [0.717, 1.165) is 0 Å². The van der Waals surface area contributed by atoms with Crippen LogP contribution < -0.4 is 0 Å². The van der Waals surface area contributed by atoms with Crippen molar-refractivity contribution in [3.8, 4) is 0 Å². The lowest BCUT2D eigenvalue weighted by Gasteiger charge is -2.11. The van der Waals surface area contributed by atoms with Crippen LogP contribution in [0.3, 0.4) is 0 Å². The van der Waals surface area contributed by atoms with Crippen LogP contribution in [-0.2, 0) is 14.5 Å². The summed E-state index contributed by atoms with van der Waals surface area (Å²) in [5, 5.41) is 0. The third-order valence-electron chi connectivity index (χ3n) is 2.28. The predicted octanol–water partition coefficient (Wildman–Crippen LogP) is 4.08. The summed E-state index contributed by atoms with van der Waals surface area (Å²) in [6.07, 6.45) is 0. The third-order valence-corrected chi connectivity index (χ3v) is 3.63. The predicted molar refractivity (Wildman–Crippen MR) is 77.1 cm³/mol. The first-order valence-electron chi connectivity index (χ1n) is 6.04. The summed E-state index contributed by atoms with van der Waals surface area (Å²) in [4.78, 5) is 4.23. The molecule has 0 radical (unpaired) electrons. The average molecular weight is 304 g/mol. The normalized spacial score (nSPS) is 12.1. The molecule has 6 heteroatoms. The molecule has 1 aromatic heterocycles. The zero-order valence-electron chi connectivity index (χ0n) is 11.7. The minimum absolute atomic E-state index is 0.0420. The van der Waals surface area contributed by atoms with E-state index < -0.39 is 9.05 Å². The van der Waals surface area contributed by atoms with Gasteiger partial charge < -0.3 is 4.42 Å². The van der Waals surface area contributed by atoms with Crippen molar-refractivity contribution >= 4 is 30.8 Å². The van der Waals surface area contributed by atoms with Crippen LogP contribution in [0.5, 0.6) is 0 Å². The Labute approximate surface area is 118 Å². The summed E-state index contributed by atoms with van der Waals surface area (Å²) >= 11 is 0. The first kappa shape index (κ1) is 16.0. The van der Waals surface area contributed by atoms with Crippen LogP contribution in [0, 0.1) is 0 Å². The van der Waals surface area contributed by atoms with Crippen LogP contribution in [-0.4, -0.2) is 13.4 Å². The van der Waals surface area contributed by atoms with Gasteiger partial charge in [-0.05, 0) is 12.1 Å². The van der Waals surface area contributed by atoms with E-state index in [-0.39, 0.29) is 15.9 Å². The summed E-state index contributed by atoms with van der Waals surface area (Å²) in [6, 6.07) is 4.69. The fraction of sp³-hybridized carbons (Fsp3) is 0.462. The van der Waals surface area contributed by atoms with Gasteiger partial charge in [-0.1, -0.05) is 40.7 Å². The van der Waals surface area contributed by atoms with Gasteiger partial charge in [0.05, 0.1) is 0 Å². The van der Waals surface area contributed by atoms with Crippen LogP contribution in [0.15, 0.2) is 27.5 Å². The molecule has 0 unspecified atom stereocenters. The van der Waals surface area contributed by atoms with Crippen LogP contribution in [0.1, 0.15) is 40.5 Å². The maximum Gasteiger partial charge on any atom is 0.265 e. The standard InChI is InChI=1S/C11H12ClNO3S.C2H6/c1-11(2,3)10-13-7-5-4-6-8(9(7)16-10)17(12,14)15;1-2/h4-6H,1-3H3;1-2H3. The van der Waals surface area contributed by atoms with Crippen LogP contribution in [0.2, 0.25) is 0 Å². The van der Waals surface area contributed by atoms with E-state index >= 15 is 0 Å². The highest BCUT2D eigenvalue weighted by molar-refractivity contribution is 8.13. The van der Waals surface area contributed by atoms with Crippen molar-refractivity contribution in [2.75, 3.05) is 0 Å². The van der Waals surface area contributed by atoms with Gasteiger partial charge in [-0.2, -0.15) is 0 Å². The fourth-order valence-electron chi connectivity index (χ4n) is 1.44. The molecule has 0 saturated heterocycles. The van der Waals surface area contributed by atoms with Gasteiger partial charge in [0.15, 0.2) is 5.58 Å². The minimum atomic E-state index is -3.82. The Bertz CT molecular complexity index is 669. The van der Waals surface area contributed by atoms with E-state index in [9.17, 15) is 8.42 Å². The summed E-state index contributed by atoms with van der Waals surface area (Å²) in [7, 11) is 1.52. The highest BCUT2D eigenvalue weighted by Crippen LogP contribution is 2.30. The van der Waals surface area contributed by atoms with Crippen molar-refractivity contribution in [2.45, 2.75) is 44.9 Å². The van der Waals surface area contributed by atoms with Gasteiger partial charge in [0.2, 0.25) is 5.89 Å². The molecule has 1 aromatic carbocycles. The number of aromatic nitrogens is 1. The SMILES string of the molecule is CC.CC(C)(C)c1nc2cccc(S(=O)(=O)Cl)c2o1. The number of fused-ring (bicyclic) bond motifs is 1. The molecule has 2 aromatic rings. The monoisotopic (exact) mass is 303 g/mol. The number of nitrogens with zero attached hydrogens (tertiary/aromatic N) is 1. The number of rotatable bonds is 1. The summed E-state index contributed by atoms with van der Waals surface area (Å²) in [5.41, 5.74) is 0.427. The molecule has 2 rings (SSSR count). The number of para-hydroxylation sites is 1. The first-order chi connectivity index (χ1) is 8.69. The minimum Gasteiger partial charge on any atom is -0.439 e. The molecule has 0 amide bonds. The molecule has 0 atom stereocenters. The van der Waals surface area contributed by atoms with Crippen LogP contribution >= 0.6 is 10.7 Å². The number of benzene rings is 1. The second-order valence-corrected chi connectivity index (χ2v) is 7.35. The van der Waals surface area contributed by atoms with Crippen molar-refractivity contribution in [2.24, 2.45) is 0 Å². The van der Waals surface area contributed by atoms with Gasteiger partial charge in [-0.15, -0.1) is 0 Å². The number of hydrogen-bond donors (Lipinski definition) is 0. The summed E-state index contributed by atoms with van der Waals surface area (Å²) in [5.74, 6) is 0.486. The second-order valence-electron chi connectivity index (χ2n) is 4.81. The quantitative estimate of drug-likeness (QED) is 0.745. The molecule has 0 aliphatic rings. The van der Waals surface area contributed by atoms with Gasteiger partial charge in [0.1, 0.15) is 10.4 Å². The number of oxazole rings is 1.